The number of nitrogens with zero attached hydrogens (tertiary/aromatic N) is 4. The van der Waals surface area contributed by atoms with E-state index < -0.39 is 0 Å². The first-order valence-electron chi connectivity index (χ1n) is 8.12. The average Bonchev–Trinajstić information content (AvgIpc) is 2.83. The second kappa shape index (κ2) is 11.3. The second-order valence-corrected chi connectivity index (χ2v) is 5.34. The van der Waals surface area contributed by atoms with Gasteiger partial charge in [0.1, 0.15) is 12.3 Å². The van der Waals surface area contributed by atoms with Crippen LogP contribution in [0.1, 0.15) is 38.1 Å². The molecule has 1 rings (SSSR count). The molecule has 7 nitrogen and oxygen atoms in total. The Balaban J connectivity index is 0.00000529. The fourth-order valence-electron chi connectivity index (χ4n) is 2.17. The highest BCUT2D eigenvalue weighted by atomic mass is 127. The highest BCUT2D eigenvalue weighted by Gasteiger charge is 2.15. The monoisotopic (exact) mass is 451 g/mol. The molecule has 0 aliphatic rings. The summed E-state index contributed by atoms with van der Waals surface area (Å²) < 4.78 is 5.54. The van der Waals surface area contributed by atoms with Gasteiger partial charge < -0.3 is 19.5 Å². The van der Waals surface area contributed by atoms with E-state index in [2.05, 4.69) is 15.3 Å². The van der Waals surface area contributed by atoms with Gasteiger partial charge in [0.05, 0.1) is 12.2 Å². The zero-order chi connectivity index (χ0) is 17.4. The van der Waals surface area contributed by atoms with Crippen molar-refractivity contribution < 1.29 is 9.21 Å². The number of hydrogen-bond acceptors (Lipinski definition) is 4. The molecule has 0 fully saturated rings. The summed E-state index contributed by atoms with van der Waals surface area (Å²) in [6.07, 6.45) is 0. The highest BCUT2D eigenvalue weighted by molar-refractivity contribution is 14.0. The summed E-state index contributed by atoms with van der Waals surface area (Å²) >= 11 is 0. The van der Waals surface area contributed by atoms with Crippen LogP contribution in [0.3, 0.4) is 0 Å². The van der Waals surface area contributed by atoms with Crippen LogP contribution >= 0.6 is 24.0 Å². The van der Waals surface area contributed by atoms with Crippen molar-refractivity contribution in [1.29, 1.82) is 0 Å². The number of aromatic nitrogens is 1. The first-order chi connectivity index (χ1) is 10.9. The number of oxazole rings is 1. The maximum atomic E-state index is 12.2. The van der Waals surface area contributed by atoms with Crippen LogP contribution in [0, 0.1) is 13.8 Å². The molecule has 0 unspecified atom stereocenters. The van der Waals surface area contributed by atoms with E-state index in [1.165, 1.54) is 0 Å². The van der Waals surface area contributed by atoms with Gasteiger partial charge >= 0.3 is 0 Å². The fourth-order valence-corrected chi connectivity index (χ4v) is 2.17. The molecule has 1 heterocycles. The molecule has 0 atom stereocenters. The van der Waals surface area contributed by atoms with Crippen molar-refractivity contribution in [2.24, 2.45) is 4.99 Å². The standard InChI is InChI=1S/C16H29N5O2.HI/c1-7-17-16(18-10-14-19-12(4)13(5)23-14)20(6)11-15(22)21(8-2)9-3;/h7-11H2,1-6H3,(H,17,18);1H. The zero-order valence-electron chi connectivity index (χ0n) is 15.5. The van der Waals surface area contributed by atoms with Gasteiger partial charge in [-0.2, -0.15) is 0 Å². The Labute approximate surface area is 161 Å². The molecule has 0 saturated heterocycles. The lowest BCUT2D eigenvalue weighted by Gasteiger charge is -2.25. The molecular weight excluding hydrogens is 421 g/mol. The zero-order valence-corrected chi connectivity index (χ0v) is 17.9. The lowest BCUT2D eigenvalue weighted by molar-refractivity contribution is -0.131. The van der Waals surface area contributed by atoms with Crippen LogP contribution in [0.5, 0.6) is 0 Å². The lowest BCUT2D eigenvalue weighted by Crippen LogP contribution is -2.45. The van der Waals surface area contributed by atoms with E-state index in [0.717, 1.165) is 18.0 Å². The van der Waals surface area contributed by atoms with E-state index in [9.17, 15) is 4.79 Å². The van der Waals surface area contributed by atoms with Gasteiger partial charge in [-0.1, -0.05) is 0 Å². The van der Waals surface area contributed by atoms with E-state index in [-0.39, 0.29) is 36.4 Å². The van der Waals surface area contributed by atoms with E-state index >= 15 is 0 Å². The average molecular weight is 451 g/mol. The maximum Gasteiger partial charge on any atom is 0.242 e. The number of hydrogen-bond donors (Lipinski definition) is 1. The van der Waals surface area contributed by atoms with Crippen molar-refractivity contribution in [2.45, 2.75) is 41.2 Å². The maximum absolute atomic E-state index is 12.2. The summed E-state index contributed by atoms with van der Waals surface area (Å²) in [5.74, 6) is 2.15. The van der Waals surface area contributed by atoms with Crippen LogP contribution in [0.15, 0.2) is 9.41 Å². The van der Waals surface area contributed by atoms with Gasteiger partial charge in [0, 0.05) is 26.7 Å². The van der Waals surface area contributed by atoms with Crippen LogP contribution < -0.4 is 5.32 Å². The lowest BCUT2D eigenvalue weighted by atomic mass is 10.4. The molecule has 0 aliphatic carbocycles. The van der Waals surface area contributed by atoms with Gasteiger partial charge in [0.2, 0.25) is 11.8 Å². The SMILES string of the molecule is CCNC(=NCc1nc(C)c(C)o1)N(C)CC(=O)N(CC)CC.I. The molecule has 1 aromatic rings. The number of nitrogens with one attached hydrogen (secondary N) is 1. The predicted octanol–water partition coefficient (Wildman–Crippen LogP) is 2.18. The number of halogens is 1. The smallest absolute Gasteiger partial charge is 0.242 e. The van der Waals surface area contributed by atoms with Crippen LogP contribution in [-0.4, -0.2) is 59.9 Å². The van der Waals surface area contributed by atoms with Crippen molar-refractivity contribution in [3.8, 4) is 0 Å². The van der Waals surface area contributed by atoms with Crippen molar-refractivity contribution >= 4 is 35.8 Å². The topological polar surface area (TPSA) is 74.0 Å². The minimum absolute atomic E-state index is 0. The van der Waals surface area contributed by atoms with Crippen molar-refractivity contribution in [1.82, 2.24) is 20.1 Å². The van der Waals surface area contributed by atoms with Crippen molar-refractivity contribution in [2.75, 3.05) is 33.2 Å². The van der Waals surface area contributed by atoms with E-state index in [1.807, 2.05) is 46.6 Å². The molecule has 1 N–H and O–H groups in total. The van der Waals surface area contributed by atoms with Crippen molar-refractivity contribution in [3.05, 3.63) is 17.3 Å². The number of guanidine groups is 1. The van der Waals surface area contributed by atoms with Gasteiger partial charge in [0.15, 0.2) is 5.96 Å². The summed E-state index contributed by atoms with van der Waals surface area (Å²) in [7, 11) is 1.86. The number of likely N-dealkylation sites (N-methyl/N-ethyl adjacent to an activating group) is 2. The third kappa shape index (κ3) is 6.66. The Bertz CT molecular complexity index is 521. The number of carbonyl (C=O) groups is 1. The Morgan fingerprint density at radius 2 is 1.88 bits per heavy atom. The van der Waals surface area contributed by atoms with Gasteiger partial charge in [-0.15, -0.1) is 24.0 Å². The molecule has 0 spiro atoms. The van der Waals surface area contributed by atoms with E-state index in [0.29, 0.717) is 31.5 Å². The minimum atomic E-state index is 0. The first kappa shape index (κ1) is 22.7. The first-order valence-corrected chi connectivity index (χ1v) is 8.12. The van der Waals surface area contributed by atoms with Crippen LogP contribution in [-0.2, 0) is 11.3 Å². The third-order valence-electron chi connectivity index (χ3n) is 3.62. The molecule has 0 radical (unpaired) electrons. The Morgan fingerprint density at radius 1 is 1.25 bits per heavy atom. The molecule has 24 heavy (non-hydrogen) atoms. The molecule has 0 aliphatic heterocycles. The Kier molecular flexibility index (Phi) is 10.7. The molecule has 8 heteroatoms. The summed E-state index contributed by atoms with van der Waals surface area (Å²) in [4.78, 5) is 24.7. The molecule has 0 aromatic carbocycles. The Morgan fingerprint density at radius 3 is 2.33 bits per heavy atom. The number of aryl methyl sites for hydroxylation is 2. The van der Waals surface area contributed by atoms with Crippen molar-refractivity contribution in [3.63, 3.8) is 0 Å². The molecular formula is C16H30IN5O2. The van der Waals surface area contributed by atoms with Gasteiger partial charge in [-0.25, -0.2) is 9.98 Å². The quantitative estimate of drug-likeness (QED) is 0.391. The van der Waals surface area contributed by atoms with Gasteiger partial charge in [-0.05, 0) is 34.6 Å². The van der Waals surface area contributed by atoms with Crippen LogP contribution in [0.25, 0.3) is 0 Å². The summed E-state index contributed by atoms with van der Waals surface area (Å²) in [5, 5.41) is 3.19. The van der Waals surface area contributed by atoms with Gasteiger partial charge in [0.25, 0.3) is 0 Å². The Hall–Kier alpha value is -1.32. The fraction of sp³-hybridized carbons (Fsp3) is 0.688. The van der Waals surface area contributed by atoms with Crippen LogP contribution in [0.4, 0.5) is 0 Å². The number of rotatable bonds is 7. The summed E-state index contributed by atoms with van der Waals surface area (Å²) in [6.45, 7) is 12.5. The predicted molar refractivity (Wildman–Crippen MR) is 107 cm³/mol. The molecule has 0 saturated carbocycles. The minimum Gasteiger partial charge on any atom is -0.444 e. The number of amides is 1. The largest absolute Gasteiger partial charge is 0.444 e. The van der Waals surface area contributed by atoms with Gasteiger partial charge in [-0.3, -0.25) is 4.79 Å². The summed E-state index contributed by atoms with van der Waals surface area (Å²) in [5.41, 5.74) is 0.880. The molecule has 1 amide bonds. The number of carbonyl (C=O) groups excluding carboxylic acids is 1. The van der Waals surface area contributed by atoms with E-state index in [1.54, 1.807) is 4.90 Å². The third-order valence-corrected chi connectivity index (χ3v) is 3.62. The van der Waals surface area contributed by atoms with Crippen LogP contribution in [0.2, 0.25) is 0 Å². The summed E-state index contributed by atoms with van der Waals surface area (Å²) in [6, 6.07) is 0. The normalized spacial score (nSPS) is 11.0. The molecule has 1 aromatic heterocycles. The highest BCUT2D eigenvalue weighted by Crippen LogP contribution is 2.09. The van der Waals surface area contributed by atoms with E-state index in [4.69, 9.17) is 4.42 Å². The molecule has 0 bridgehead atoms. The second-order valence-electron chi connectivity index (χ2n) is 5.34. The number of aliphatic imine (C=N–C) groups is 1. The molecule has 138 valence electrons.